The van der Waals surface area contributed by atoms with Crippen molar-refractivity contribution in [1.29, 1.82) is 10.5 Å². The first-order chi connectivity index (χ1) is 17.1. The molecule has 0 radical (unpaired) electrons. The molecule has 2 atom stereocenters. The number of hydrogen-bond acceptors (Lipinski definition) is 5. The fourth-order valence-corrected chi connectivity index (χ4v) is 5.98. The van der Waals surface area contributed by atoms with Gasteiger partial charge in [0.25, 0.3) is 0 Å². The van der Waals surface area contributed by atoms with Crippen molar-refractivity contribution in [3.63, 3.8) is 0 Å². The number of carbonyl (C=O) groups is 1. The molecule has 0 N–H and O–H groups in total. The Morgan fingerprint density at radius 3 is 2.37 bits per heavy atom. The first-order valence-corrected chi connectivity index (χ1v) is 12.7. The predicted molar refractivity (Wildman–Crippen MR) is 135 cm³/mol. The molecule has 1 amide bonds. The van der Waals surface area contributed by atoms with Gasteiger partial charge in [0, 0.05) is 20.0 Å². The maximum Gasteiger partial charge on any atom is 0.219 e. The number of amides is 1. The summed E-state index contributed by atoms with van der Waals surface area (Å²) in [5, 5.41) is 19.6. The van der Waals surface area contributed by atoms with E-state index < -0.39 is 5.41 Å². The van der Waals surface area contributed by atoms with Gasteiger partial charge in [-0.05, 0) is 80.9 Å². The van der Waals surface area contributed by atoms with Gasteiger partial charge >= 0.3 is 0 Å². The fourth-order valence-electron chi connectivity index (χ4n) is 5.98. The summed E-state index contributed by atoms with van der Waals surface area (Å²) in [5.41, 5.74) is 1.01. The summed E-state index contributed by atoms with van der Waals surface area (Å²) in [5.74, 6) is 1.07. The van der Waals surface area contributed by atoms with Crippen LogP contribution in [0.1, 0.15) is 50.2 Å². The summed E-state index contributed by atoms with van der Waals surface area (Å²) < 4.78 is 5.83. The van der Waals surface area contributed by atoms with Crippen molar-refractivity contribution in [1.82, 2.24) is 9.80 Å². The number of rotatable bonds is 8. The van der Waals surface area contributed by atoms with Crippen LogP contribution in [0, 0.1) is 28.6 Å². The van der Waals surface area contributed by atoms with Gasteiger partial charge in [-0.2, -0.15) is 10.5 Å². The van der Waals surface area contributed by atoms with Crippen molar-refractivity contribution >= 4 is 5.91 Å². The molecule has 2 saturated heterocycles. The second kappa shape index (κ2) is 11.4. The molecule has 0 spiro atoms. The second-order valence-electron chi connectivity index (χ2n) is 9.67. The summed E-state index contributed by atoms with van der Waals surface area (Å²) in [4.78, 5) is 16.9. The van der Waals surface area contributed by atoms with E-state index in [0.29, 0.717) is 12.2 Å². The number of likely N-dealkylation sites (tertiary alicyclic amines) is 2. The number of hydrogen-bond donors (Lipinski definition) is 0. The van der Waals surface area contributed by atoms with Gasteiger partial charge in [0.15, 0.2) is 0 Å². The van der Waals surface area contributed by atoms with Crippen LogP contribution in [-0.4, -0.2) is 54.5 Å². The Bertz CT molecular complexity index is 1060. The van der Waals surface area contributed by atoms with E-state index in [2.05, 4.69) is 29.2 Å². The van der Waals surface area contributed by atoms with Gasteiger partial charge < -0.3 is 14.5 Å². The van der Waals surface area contributed by atoms with Crippen LogP contribution >= 0.6 is 0 Å². The lowest BCUT2D eigenvalue weighted by Gasteiger charge is -2.46. The molecule has 2 aromatic rings. The monoisotopic (exact) mass is 470 g/mol. The lowest BCUT2D eigenvalue weighted by molar-refractivity contribution is -0.131. The van der Waals surface area contributed by atoms with Crippen molar-refractivity contribution in [2.75, 3.05) is 32.8 Å². The normalized spacial score (nSPS) is 20.5. The number of carbonyl (C=O) groups excluding carboxylic acids is 1. The molecule has 1 unspecified atom stereocenters. The summed E-state index contributed by atoms with van der Waals surface area (Å²) in [6.07, 6.45) is 4.66. The Morgan fingerprint density at radius 1 is 1.03 bits per heavy atom. The lowest BCUT2D eigenvalue weighted by atomic mass is 9.62. The SMILES string of the molecule is CC(=O)N1CCC[C@H]1C(C#N)(c1ccccc1)C1CCN(CCCOc2ccc(C#N)cc2)CC1. The van der Waals surface area contributed by atoms with E-state index in [1.807, 2.05) is 35.2 Å². The van der Waals surface area contributed by atoms with Crippen LogP contribution in [0.2, 0.25) is 0 Å². The molecule has 0 aliphatic carbocycles. The van der Waals surface area contributed by atoms with Crippen LogP contribution < -0.4 is 4.74 Å². The number of ether oxygens (including phenoxy) is 1. The second-order valence-corrected chi connectivity index (χ2v) is 9.67. The summed E-state index contributed by atoms with van der Waals surface area (Å²) >= 11 is 0. The van der Waals surface area contributed by atoms with Crippen LogP contribution in [0.4, 0.5) is 0 Å². The largest absolute Gasteiger partial charge is 0.494 e. The average Bonchev–Trinajstić information content (AvgIpc) is 3.40. The first kappa shape index (κ1) is 24.8. The van der Waals surface area contributed by atoms with Crippen molar-refractivity contribution in [2.24, 2.45) is 5.92 Å². The summed E-state index contributed by atoms with van der Waals surface area (Å²) in [6.45, 7) is 5.86. The Labute approximate surface area is 208 Å². The van der Waals surface area contributed by atoms with E-state index in [9.17, 15) is 10.1 Å². The van der Waals surface area contributed by atoms with Gasteiger partial charge in [0.2, 0.25) is 5.91 Å². The Balaban J connectivity index is 1.38. The van der Waals surface area contributed by atoms with Gasteiger partial charge in [-0.25, -0.2) is 0 Å². The molecule has 2 aliphatic rings. The third-order valence-electron chi connectivity index (χ3n) is 7.72. The number of nitriles is 2. The quantitative estimate of drug-likeness (QED) is 0.530. The molecular weight excluding hydrogens is 436 g/mol. The Morgan fingerprint density at radius 2 is 1.74 bits per heavy atom. The van der Waals surface area contributed by atoms with Gasteiger partial charge in [-0.1, -0.05) is 30.3 Å². The van der Waals surface area contributed by atoms with E-state index in [0.717, 1.165) is 69.6 Å². The fraction of sp³-hybridized carbons (Fsp3) is 0.483. The zero-order chi connectivity index (χ0) is 24.7. The lowest BCUT2D eigenvalue weighted by Crippen LogP contribution is -2.54. The van der Waals surface area contributed by atoms with Crippen LogP contribution in [0.3, 0.4) is 0 Å². The van der Waals surface area contributed by atoms with Crippen LogP contribution in [0.5, 0.6) is 5.75 Å². The molecule has 2 aliphatic heterocycles. The maximum absolute atomic E-state index is 12.4. The molecule has 35 heavy (non-hydrogen) atoms. The highest BCUT2D eigenvalue weighted by Crippen LogP contribution is 2.46. The van der Waals surface area contributed by atoms with Crippen molar-refractivity contribution in [3.05, 3.63) is 65.7 Å². The molecular formula is C29H34N4O2. The topological polar surface area (TPSA) is 80.4 Å². The van der Waals surface area contributed by atoms with Gasteiger partial charge in [-0.15, -0.1) is 0 Å². The molecule has 2 fully saturated rings. The highest BCUT2D eigenvalue weighted by atomic mass is 16.5. The molecule has 6 heteroatoms. The average molecular weight is 471 g/mol. The zero-order valence-corrected chi connectivity index (χ0v) is 20.5. The maximum atomic E-state index is 12.4. The molecule has 0 aromatic heterocycles. The summed E-state index contributed by atoms with van der Waals surface area (Å²) in [7, 11) is 0. The van der Waals surface area contributed by atoms with E-state index in [4.69, 9.17) is 10.00 Å². The smallest absolute Gasteiger partial charge is 0.219 e. The van der Waals surface area contributed by atoms with Crippen molar-refractivity contribution < 1.29 is 9.53 Å². The van der Waals surface area contributed by atoms with Crippen LogP contribution in [0.15, 0.2) is 54.6 Å². The molecule has 2 aromatic carbocycles. The number of piperidine rings is 1. The van der Waals surface area contributed by atoms with Crippen molar-refractivity contribution in [3.8, 4) is 17.9 Å². The summed E-state index contributed by atoms with van der Waals surface area (Å²) in [6, 6.07) is 22.2. The molecule has 2 heterocycles. The molecule has 182 valence electrons. The van der Waals surface area contributed by atoms with Crippen molar-refractivity contribution in [2.45, 2.75) is 50.5 Å². The Hall–Kier alpha value is -3.35. The number of benzene rings is 2. The first-order valence-electron chi connectivity index (χ1n) is 12.7. The third-order valence-corrected chi connectivity index (χ3v) is 7.72. The third kappa shape index (κ3) is 5.34. The highest BCUT2D eigenvalue weighted by Gasteiger charge is 2.52. The molecule has 0 bridgehead atoms. The van der Waals surface area contributed by atoms with E-state index in [-0.39, 0.29) is 17.9 Å². The van der Waals surface area contributed by atoms with Gasteiger partial charge in [-0.3, -0.25) is 4.79 Å². The minimum absolute atomic E-state index is 0.0650. The van der Waals surface area contributed by atoms with Crippen LogP contribution in [0.25, 0.3) is 0 Å². The predicted octanol–water partition coefficient (Wildman–Crippen LogP) is 4.51. The minimum atomic E-state index is -0.672. The highest BCUT2D eigenvalue weighted by molar-refractivity contribution is 5.74. The van der Waals surface area contributed by atoms with E-state index in [1.54, 1.807) is 19.1 Å². The molecule has 6 nitrogen and oxygen atoms in total. The van der Waals surface area contributed by atoms with Crippen LogP contribution in [-0.2, 0) is 10.2 Å². The van der Waals surface area contributed by atoms with Gasteiger partial charge in [0.05, 0.1) is 30.4 Å². The number of nitrogens with zero attached hydrogens (tertiary/aromatic N) is 4. The molecule has 4 rings (SSSR count). The van der Waals surface area contributed by atoms with E-state index >= 15 is 0 Å². The standard InChI is InChI=1S/C29H34N4O2/c1-23(34)33-17-5-9-28(33)29(22-31,25-7-3-2-4-8-25)26-14-18-32(19-15-26)16-6-20-35-27-12-10-24(21-30)11-13-27/h2-4,7-8,10-13,26,28H,5-6,9,14-20H2,1H3/t28-,29?/m0/s1. The van der Waals surface area contributed by atoms with E-state index in [1.165, 1.54) is 0 Å². The Kier molecular flexibility index (Phi) is 8.06. The molecule has 0 saturated carbocycles. The van der Waals surface area contributed by atoms with Gasteiger partial charge in [0.1, 0.15) is 11.2 Å². The minimum Gasteiger partial charge on any atom is -0.494 e. The zero-order valence-electron chi connectivity index (χ0n) is 20.5.